The summed E-state index contributed by atoms with van der Waals surface area (Å²) in [5, 5.41) is 13.7. The topological polar surface area (TPSA) is 108 Å². The molecule has 2 aromatic carbocycles. The average molecular weight is 393 g/mol. The largest absolute Gasteiger partial charge is 0.484 e. The molecular formula is C20H19N5O4. The number of rotatable bonds is 8. The van der Waals surface area contributed by atoms with E-state index in [1.165, 1.54) is 17.1 Å². The molecule has 1 heterocycles. The highest BCUT2D eigenvalue weighted by Crippen LogP contribution is 2.15. The summed E-state index contributed by atoms with van der Waals surface area (Å²) < 4.78 is 11.8. The minimum atomic E-state index is -0.395. The van der Waals surface area contributed by atoms with Gasteiger partial charge in [-0.2, -0.15) is 0 Å². The second-order valence-electron chi connectivity index (χ2n) is 5.79. The van der Waals surface area contributed by atoms with Gasteiger partial charge in [0.05, 0.1) is 12.3 Å². The van der Waals surface area contributed by atoms with E-state index in [1.807, 2.05) is 0 Å². The lowest BCUT2D eigenvalue weighted by Gasteiger charge is -2.08. The molecule has 0 radical (unpaired) electrons. The van der Waals surface area contributed by atoms with Gasteiger partial charge in [-0.25, -0.2) is 9.48 Å². The first-order valence-corrected chi connectivity index (χ1v) is 8.85. The summed E-state index contributed by atoms with van der Waals surface area (Å²) in [5.41, 5.74) is 2.22. The Morgan fingerprint density at radius 2 is 1.86 bits per heavy atom. The number of hydrogen-bond acceptors (Lipinski definition) is 7. The zero-order valence-electron chi connectivity index (χ0n) is 15.7. The Morgan fingerprint density at radius 3 is 2.52 bits per heavy atom. The molecule has 0 atom stereocenters. The standard InChI is InChI=1S/C20H19N5O4/c1-2-28-20(27)12-5-15-3-6-16(7-4-15)22-19(26)13-29-18-10-8-17(9-11-18)25-14-21-23-24-25/h3-12,14H,2,13H2,1H3,(H,22,26)/b12-5+. The van der Waals surface area contributed by atoms with E-state index in [0.29, 0.717) is 18.0 Å². The summed E-state index contributed by atoms with van der Waals surface area (Å²) in [7, 11) is 0. The second kappa shape index (κ2) is 9.79. The van der Waals surface area contributed by atoms with Crippen LogP contribution in [-0.4, -0.2) is 45.3 Å². The lowest BCUT2D eigenvalue weighted by molar-refractivity contribution is -0.137. The van der Waals surface area contributed by atoms with Gasteiger partial charge in [-0.1, -0.05) is 12.1 Å². The molecular weight excluding hydrogens is 374 g/mol. The molecule has 9 nitrogen and oxygen atoms in total. The normalized spacial score (nSPS) is 10.7. The van der Waals surface area contributed by atoms with Crippen LogP contribution in [0.5, 0.6) is 5.75 Å². The Kier molecular flexibility index (Phi) is 6.66. The molecule has 0 unspecified atom stereocenters. The highest BCUT2D eigenvalue weighted by molar-refractivity contribution is 5.92. The summed E-state index contributed by atoms with van der Waals surface area (Å²) in [6.45, 7) is 1.95. The van der Waals surface area contributed by atoms with Crippen LogP contribution in [0.2, 0.25) is 0 Å². The van der Waals surface area contributed by atoms with Crippen LogP contribution >= 0.6 is 0 Å². The molecule has 1 aromatic heterocycles. The number of tetrazole rings is 1. The summed E-state index contributed by atoms with van der Waals surface area (Å²) in [5.74, 6) is -0.131. The molecule has 9 heteroatoms. The summed E-state index contributed by atoms with van der Waals surface area (Å²) in [6.07, 6.45) is 4.49. The van der Waals surface area contributed by atoms with Gasteiger partial charge in [0.25, 0.3) is 5.91 Å². The maximum atomic E-state index is 12.1. The number of esters is 1. The number of nitrogens with zero attached hydrogens (tertiary/aromatic N) is 4. The van der Waals surface area contributed by atoms with Crippen LogP contribution in [-0.2, 0) is 14.3 Å². The third-order valence-electron chi connectivity index (χ3n) is 3.71. The van der Waals surface area contributed by atoms with Gasteiger partial charge in [0.15, 0.2) is 6.61 Å². The van der Waals surface area contributed by atoms with E-state index in [2.05, 4.69) is 20.8 Å². The van der Waals surface area contributed by atoms with Crippen molar-refractivity contribution in [3.8, 4) is 11.4 Å². The molecule has 148 valence electrons. The number of nitrogens with one attached hydrogen (secondary N) is 1. The molecule has 0 fully saturated rings. The van der Waals surface area contributed by atoms with Crippen molar-refractivity contribution >= 4 is 23.6 Å². The molecule has 0 saturated heterocycles. The highest BCUT2D eigenvalue weighted by atomic mass is 16.5. The summed E-state index contributed by atoms with van der Waals surface area (Å²) in [4.78, 5) is 23.4. The highest BCUT2D eigenvalue weighted by Gasteiger charge is 2.05. The minimum Gasteiger partial charge on any atom is -0.484 e. The van der Waals surface area contributed by atoms with Gasteiger partial charge in [0.1, 0.15) is 12.1 Å². The van der Waals surface area contributed by atoms with E-state index >= 15 is 0 Å². The Bertz CT molecular complexity index is 967. The van der Waals surface area contributed by atoms with E-state index in [4.69, 9.17) is 9.47 Å². The number of anilines is 1. The van der Waals surface area contributed by atoms with E-state index in [0.717, 1.165) is 11.3 Å². The smallest absolute Gasteiger partial charge is 0.330 e. The first-order chi connectivity index (χ1) is 14.1. The Hall–Kier alpha value is -4.01. The number of benzene rings is 2. The molecule has 29 heavy (non-hydrogen) atoms. The number of hydrogen-bond donors (Lipinski definition) is 1. The van der Waals surface area contributed by atoms with Crippen molar-refractivity contribution in [3.63, 3.8) is 0 Å². The van der Waals surface area contributed by atoms with E-state index < -0.39 is 5.97 Å². The van der Waals surface area contributed by atoms with E-state index in [1.54, 1.807) is 61.5 Å². The van der Waals surface area contributed by atoms with Crippen LogP contribution < -0.4 is 10.1 Å². The lowest BCUT2D eigenvalue weighted by Crippen LogP contribution is -2.20. The maximum absolute atomic E-state index is 12.1. The van der Waals surface area contributed by atoms with Gasteiger partial charge < -0.3 is 14.8 Å². The number of ether oxygens (including phenoxy) is 2. The molecule has 1 amide bonds. The van der Waals surface area contributed by atoms with Crippen molar-refractivity contribution in [1.29, 1.82) is 0 Å². The lowest BCUT2D eigenvalue weighted by atomic mass is 10.2. The zero-order valence-corrected chi connectivity index (χ0v) is 15.7. The SMILES string of the molecule is CCOC(=O)/C=C/c1ccc(NC(=O)COc2ccc(-n3cnnn3)cc2)cc1. The molecule has 0 aliphatic rings. The quantitative estimate of drug-likeness (QED) is 0.462. The van der Waals surface area contributed by atoms with Gasteiger partial charge in [0, 0.05) is 11.8 Å². The summed E-state index contributed by atoms with van der Waals surface area (Å²) in [6, 6.07) is 14.1. The molecule has 0 aliphatic heterocycles. The van der Waals surface area contributed by atoms with Gasteiger partial charge in [-0.15, -0.1) is 5.10 Å². The molecule has 0 bridgehead atoms. The number of amides is 1. The zero-order chi connectivity index (χ0) is 20.5. The fourth-order valence-corrected chi connectivity index (χ4v) is 2.35. The minimum absolute atomic E-state index is 0.130. The molecule has 3 rings (SSSR count). The van der Waals surface area contributed by atoms with E-state index in [9.17, 15) is 9.59 Å². The van der Waals surface area contributed by atoms with Crippen LogP contribution in [0.15, 0.2) is 60.9 Å². The maximum Gasteiger partial charge on any atom is 0.330 e. The third kappa shape index (κ3) is 5.99. The van der Waals surface area contributed by atoms with Crippen molar-refractivity contribution in [2.45, 2.75) is 6.92 Å². The van der Waals surface area contributed by atoms with Gasteiger partial charge >= 0.3 is 5.97 Å². The van der Waals surface area contributed by atoms with Crippen molar-refractivity contribution in [3.05, 3.63) is 66.5 Å². The predicted molar refractivity (Wildman–Crippen MR) is 105 cm³/mol. The molecule has 0 saturated carbocycles. The van der Waals surface area contributed by atoms with Crippen molar-refractivity contribution in [2.75, 3.05) is 18.5 Å². The van der Waals surface area contributed by atoms with Crippen LogP contribution in [0.4, 0.5) is 5.69 Å². The molecule has 0 spiro atoms. The monoisotopic (exact) mass is 393 g/mol. The Morgan fingerprint density at radius 1 is 1.10 bits per heavy atom. The van der Waals surface area contributed by atoms with Gasteiger partial charge in [0.2, 0.25) is 0 Å². The van der Waals surface area contributed by atoms with Crippen LogP contribution in [0.25, 0.3) is 11.8 Å². The van der Waals surface area contributed by atoms with Crippen molar-refractivity contribution in [2.24, 2.45) is 0 Å². The predicted octanol–water partition coefficient (Wildman–Crippen LogP) is 2.26. The average Bonchev–Trinajstić information content (AvgIpc) is 3.27. The number of carbonyl (C=O) groups excluding carboxylic acids is 2. The van der Waals surface area contributed by atoms with Crippen LogP contribution in [0, 0.1) is 0 Å². The summed E-state index contributed by atoms with van der Waals surface area (Å²) >= 11 is 0. The fraction of sp³-hybridized carbons (Fsp3) is 0.150. The first-order valence-electron chi connectivity index (χ1n) is 8.85. The first kappa shape index (κ1) is 19.7. The van der Waals surface area contributed by atoms with Gasteiger partial charge in [-0.3, -0.25) is 4.79 Å². The van der Waals surface area contributed by atoms with Crippen molar-refractivity contribution in [1.82, 2.24) is 20.2 Å². The van der Waals surface area contributed by atoms with Crippen LogP contribution in [0.3, 0.4) is 0 Å². The van der Waals surface area contributed by atoms with Crippen LogP contribution in [0.1, 0.15) is 12.5 Å². The number of carbonyl (C=O) groups is 2. The molecule has 1 N–H and O–H groups in total. The molecule has 3 aromatic rings. The Balaban J connectivity index is 1.47. The number of aromatic nitrogens is 4. The van der Waals surface area contributed by atoms with Gasteiger partial charge in [-0.05, 0) is 65.4 Å². The van der Waals surface area contributed by atoms with E-state index in [-0.39, 0.29) is 12.5 Å². The van der Waals surface area contributed by atoms with Crippen molar-refractivity contribution < 1.29 is 19.1 Å². The Labute approximate surface area is 166 Å². The fourth-order valence-electron chi connectivity index (χ4n) is 2.35. The molecule has 0 aliphatic carbocycles. The third-order valence-corrected chi connectivity index (χ3v) is 3.71. The second-order valence-corrected chi connectivity index (χ2v) is 5.79.